The average molecular weight is 323 g/mol. The van der Waals surface area contributed by atoms with Gasteiger partial charge in [0.05, 0.1) is 5.75 Å². The molecule has 0 aliphatic heterocycles. The summed E-state index contributed by atoms with van der Waals surface area (Å²) in [5.41, 5.74) is 1.49. The minimum Gasteiger partial charge on any atom is -0.475 e. The summed E-state index contributed by atoms with van der Waals surface area (Å²) in [7, 11) is -3.09. The van der Waals surface area contributed by atoms with E-state index in [0.717, 1.165) is 5.56 Å². The molecule has 1 N–H and O–H groups in total. The lowest BCUT2D eigenvalue weighted by Crippen LogP contribution is -2.27. The highest BCUT2D eigenvalue weighted by atomic mass is 32.2. The standard InChI is InChI=1S/C15H17NO5S/c1-15(2,9-22(3,19)20)11-6-4-10(5-7-11)12-8-13(14(17)18)21-16-12/h4-8H,9H2,1-3H3,(H,17,18). The smallest absolute Gasteiger partial charge is 0.374 e. The summed E-state index contributed by atoms with van der Waals surface area (Å²) in [4.78, 5) is 10.8. The lowest BCUT2D eigenvalue weighted by molar-refractivity contribution is 0.0652. The fraction of sp³-hybridized carbons (Fsp3) is 0.333. The molecule has 0 aliphatic rings. The highest BCUT2D eigenvalue weighted by Crippen LogP contribution is 2.27. The maximum atomic E-state index is 11.5. The first-order valence-corrected chi connectivity index (χ1v) is 8.63. The van der Waals surface area contributed by atoms with Crippen LogP contribution in [-0.4, -0.2) is 36.7 Å². The Kier molecular flexibility index (Phi) is 4.10. The Morgan fingerprint density at radius 2 is 1.86 bits per heavy atom. The van der Waals surface area contributed by atoms with Crippen LogP contribution in [-0.2, 0) is 15.3 Å². The third-order valence-electron chi connectivity index (χ3n) is 3.31. The topological polar surface area (TPSA) is 97.5 Å². The molecular weight excluding hydrogens is 306 g/mol. The Morgan fingerprint density at radius 1 is 1.27 bits per heavy atom. The van der Waals surface area contributed by atoms with E-state index in [-0.39, 0.29) is 11.5 Å². The van der Waals surface area contributed by atoms with E-state index < -0.39 is 21.2 Å². The van der Waals surface area contributed by atoms with Crippen molar-refractivity contribution in [1.29, 1.82) is 0 Å². The van der Waals surface area contributed by atoms with Gasteiger partial charge in [-0.05, 0) is 5.56 Å². The first-order valence-electron chi connectivity index (χ1n) is 6.57. The van der Waals surface area contributed by atoms with Crippen LogP contribution >= 0.6 is 0 Å². The predicted octanol–water partition coefficient (Wildman–Crippen LogP) is 2.36. The number of carboxylic acids is 1. The van der Waals surface area contributed by atoms with Crippen molar-refractivity contribution >= 4 is 15.8 Å². The third kappa shape index (κ3) is 3.73. The monoisotopic (exact) mass is 323 g/mol. The molecule has 118 valence electrons. The number of carbonyl (C=O) groups is 1. The second-order valence-corrected chi connectivity index (χ2v) is 8.05. The van der Waals surface area contributed by atoms with Gasteiger partial charge in [-0.2, -0.15) is 0 Å². The van der Waals surface area contributed by atoms with Crippen LogP contribution in [0.5, 0.6) is 0 Å². The number of aromatic nitrogens is 1. The summed E-state index contributed by atoms with van der Waals surface area (Å²) in [5.74, 6) is -1.35. The molecular formula is C15H17NO5S. The highest BCUT2D eigenvalue weighted by molar-refractivity contribution is 7.90. The second-order valence-electron chi connectivity index (χ2n) is 5.91. The van der Waals surface area contributed by atoms with Crippen LogP contribution in [0.1, 0.15) is 30.0 Å². The summed E-state index contributed by atoms with van der Waals surface area (Å²) in [6.07, 6.45) is 1.21. The number of hydrogen-bond donors (Lipinski definition) is 1. The van der Waals surface area contributed by atoms with Crippen LogP contribution in [0.25, 0.3) is 11.3 Å². The Hall–Kier alpha value is -2.15. The number of rotatable bonds is 5. The zero-order valence-electron chi connectivity index (χ0n) is 12.5. The van der Waals surface area contributed by atoms with Gasteiger partial charge in [-0.3, -0.25) is 0 Å². The van der Waals surface area contributed by atoms with Gasteiger partial charge in [0.2, 0.25) is 5.76 Å². The molecule has 1 heterocycles. The van der Waals surface area contributed by atoms with Crippen LogP contribution in [0.2, 0.25) is 0 Å². The Balaban J connectivity index is 2.28. The number of aromatic carboxylic acids is 1. The average Bonchev–Trinajstić information content (AvgIpc) is 2.85. The van der Waals surface area contributed by atoms with Gasteiger partial charge in [-0.15, -0.1) is 0 Å². The van der Waals surface area contributed by atoms with Crippen LogP contribution in [0, 0.1) is 0 Å². The molecule has 6 nitrogen and oxygen atoms in total. The summed E-state index contributed by atoms with van der Waals surface area (Å²) < 4.78 is 27.7. The van der Waals surface area contributed by atoms with Gasteiger partial charge in [0.15, 0.2) is 0 Å². The lowest BCUT2D eigenvalue weighted by atomic mass is 9.86. The molecule has 0 radical (unpaired) electrons. The predicted molar refractivity (Wildman–Crippen MR) is 81.6 cm³/mol. The van der Waals surface area contributed by atoms with Gasteiger partial charge in [0.25, 0.3) is 0 Å². The minimum atomic E-state index is -3.09. The van der Waals surface area contributed by atoms with E-state index in [2.05, 4.69) is 5.16 Å². The van der Waals surface area contributed by atoms with Gasteiger partial charge in [0.1, 0.15) is 15.5 Å². The zero-order chi connectivity index (χ0) is 16.5. The fourth-order valence-electron chi connectivity index (χ4n) is 2.34. The van der Waals surface area contributed by atoms with Gasteiger partial charge in [-0.25, -0.2) is 13.2 Å². The summed E-state index contributed by atoms with van der Waals surface area (Å²) in [5, 5.41) is 12.5. The van der Waals surface area contributed by atoms with E-state index in [4.69, 9.17) is 9.63 Å². The molecule has 1 aromatic carbocycles. The summed E-state index contributed by atoms with van der Waals surface area (Å²) in [6, 6.07) is 8.51. The molecule has 0 saturated carbocycles. The summed E-state index contributed by atoms with van der Waals surface area (Å²) >= 11 is 0. The SMILES string of the molecule is CC(C)(CS(C)(=O)=O)c1ccc(-c2cc(C(=O)O)on2)cc1. The van der Waals surface area contributed by atoms with Crippen molar-refractivity contribution in [2.75, 3.05) is 12.0 Å². The molecule has 0 bridgehead atoms. The van der Waals surface area contributed by atoms with E-state index in [9.17, 15) is 13.2 Å². The number of carboxylic acid groups (broad SMARTS) is 1. The maximum Gasteiger partial charge on any atom is 0.374 e. The molecule has 0 saturated heterocycles. The molecule has 0 unspecified atom stereocenters. The Morgan fingerprint density at radius 3 is 2.32 bits per heavy atom. The van der Waals surface area contributed by atoms with E-state index in [1.807, 2.05) is 26.0 Å². The van der Waals surface area contributed by atoms with Gasteiger partial charge in [-0.1, -0.05) is 43.3 Å². The van der Waals surface area contributed by atoms with Crippen molar-refractivity contribution in [1.82, 2.24) is 5.16 Å². The largest absolute Gasteiger partial charge is 0.475 e. The van der Waals surface area contributed by atoms with Crippen molar-refractivity contribution < 1.29 is 22.8 Å². The number of sulfone groups is 1. The van der Waals surface area contributed by atoms with Gasteiger partial charge < -0.3 is 9.63 Å². The molecule has 0 atom stereocenters. The minimum absolute atomic E-state index is 0.0481. The van der Waals surface area contributed by atoms with Crippen molar-refractivity contribution in [2.45, 2.75) is 19.3 Å². The second kappa shape index (κ2) is 5.57. The molecule has 2 aromatic rings. The molecule has 7 heteroatoms. The first-order chi connectivity index (χ1) is 10.1. The number of hydrogen-bond acceptors (Lipinski definition) is 5. The van der Waals surface area contributed by atoms with E-state index in [0.29, 0.717) is 11.3 Å². The van der Waals surface area contributed by atoms with Crippen molar-refractivity contribution in [3.63, 3.8) is 0 Å². The van der Waals surface area contributed by atoms with Gasteiger partial charge in [0, 0.05) is 23.3 Å². The Bertz CT molecular complexity index is 788. The van der Waals surface area contributed by atoms with Crippen LogP contribution < -0.4 is 0 Å². The van der Waals surface area contributed by atoms with Crippen LogP contribution in [0.3, 0.4) is 0 Å². The van der Waals surface area contributed by atoms with Crippen LogP contribution in [0.15, 0.2) is 34.9 Å². The molecule has 0 amide bonds. The van der Waals surface area contributed by atoms with Gasteiger partial charge >= 0.3 is 5.97 Å². The van der Waals surface area contributed by atoms with Crippen molar-refractivity contribution in [2.24, 2.45) is 0 Å². The number of nitrogens with zero attached hydrogens (tertiary/aromatic N) is 1. The van der Waals surface area contributed by atoms with E-state index in [1.165, 1.54) is 12.3 Å². The van der Waals surface area contributed by atoms with Crippen LogP contribution in [0.4, 0.5) is 0 Å². The highest BCUT2D eigenvalue weighted by Gasteiger charge is 2.25. The first kappa shape index (κ1) is 16.2. The lowest BCUT2D eigenvalue weighted by Gasteiger charge is -2.24. The number of benzene rings is 1. The molecule has 0 spiro atoms. The molecule has 0 fully saturated rings. The molecule has 0 aliphatic carbocycles. The normalized spacial score (nSPS) is 12.3. The summed E-state index contributed by atoms with van der Waals surface area (Å²) in [6.45, 7) is 3.73. The van der Waals surface area contributed by atoms with E-state index in [1.54, 1.807) is 12.1 Å². The van der Waals surface area contributed by atoms with Crippen molar-refractivity contribution in [3.8, 4) is 11.3 Å². The third-order valence-corrected chi connectivity index (χ3v) is 4.55. The molecule has 2 rings (SSSR count). The van der Waals surface area contributed by atoms with Crippen molar-refractivity contribution in [3.05, 3.63) is 41.7 Å². The van der Waals surface area contributed by atoms with E-state index >= 15 is 0 Å². The molecule has 22 heavy (non-hydrogen) atoms. The quantitative estimate of drug-likeness (QED) is 0.907. The Labute approximate surface area is 128 Å². The fourth-order valence-corrected chi connectivity index (χ4v) is 3.82. The maximum absolute atomic E-state index is 11.5. The zero-order valence-corrected chi connectivity index (χ0v) is 13.3. The molecule has 1 aromatic heterocycles.